The lowest BCUT2D eigenvalue weighted by atomic mass is 9.75. The number of rotatable bonds is 2. The molecule has 1 unspecified atom stereocenters. The smallest absolute Gasteiger partial charge is 0.126 e. The molecule has 0 saturated carbocycles. The van der Waals surface area contributed by atoms with Gasteiger partial charge in [-0.25, -0.2) is 0 Å². The number of fused-ring (bicyclic) bond motifs is 1. The molecule has 1 aliphatic rings. The number of nitrogens with zero attached hydrogens (tertiary/aromatic N) is 1. The van der Waals surface area contributed by atoms with Crippen LogP contribution in [0.25, 0.3) is 10.8 Å². The third kappa shape index (κ3) is 1.80. The van der Waals surface area contributed by atoms with Gasteiger partial charge in [0.15, 0.2) is 0 Å². The van der Waals surface area contributed by atoms with Gasteiger partial charge in [0, 0.05) is 5.39 Å². The van der Waals surface area contributed by atoms with Crippen LogP contribution in [-0.4, -0.2) is 7.11 Å². The van der Waals surface area contributed by atoms with E-state index < -0.39 is 5.41 Å². The maximum absolute atomic E-state index is 9.71. The minimum atomic E-state index is -0.583. The van der Waals surface area contributed by atoms with Crippen LogP contribution < -0.4 is 4.74 Å². The van der Waals surface area contributed by atoms with Crippen molar-refractivity contribution in [1.82, 2.24) is 0 Å². The third-order valence-corrected chi connectivity index (χ3v) is 3.85. The molecule has 20 heavy (non-hydrogen) atoms. The van der Waals surface area contributed by atoms with Gasteiger partial charge in [-0.1, -0.05) is 54.6 Å². The molecule has 0 heterocycles. The van der Waals surface area contributed by atoms with Crippen molar-refractivity contribution in [1.29, 1.82) is 5.26 Å². The van der Waals surface area contributed by atoms with Gasteiger partial charge in [0.05, 0.1) is 13.2 Å². The molecule has 3 rings (SSSR count). The molecule has 0 bridgehead atoms. The van der Waals surface area contributed by atoms with Crippen molar-refractivity contribution in [2.45, 2.75) is 11.8 Å². The number of hydrogen-bond acceptors (Lipinski definition) is 2. The number of ether oxygens (including phenoxy) is 1. The molecule has 0 aliphatic heterocycles. The molecule has 2 aromatic carbocycles. The van der Waals surface area contributed by atoms with Gasteiger partial charge in [-0.2, -0.15) is 5.26 Å². The fourth-order valence-electron chi connectivity index (χ4n) is 2.80. The highest BCUT2D eigenvalue weighted by Crippen LogP contribution is 2.39. The highest BCUT2D eigenvalue weighted by Gasteiger charge is 2.31. The Hall–Kier alpha value is -2.53. The zero-order valence-electron chi connectivity index (χ0n) is 11.3. The van der Waals surface area contributed by atoms with Crippen LogP contribution in [0.1, 0.15) is 12.0 Å². The Balaban J connectivity index is 2.30. The molecule has 0 spiro atoms. The summed E-state index contributed by atoms with van der Waals surface area (Å²) in [6, 6.07) is 14.5. The monoisotopic (exact) mass is 261 g/mol. The molecule has 1 atom stereocenters. The van der Waals surface area contributed by atoms with E-state index in [2.05, 4.69) is 12.1 Å². The molecule has 2 aromatic rings. The predicted molar refractivity (Wildman–Crippen MR) is 80.7 cm³/mol. The van der Waals surface area contributed by atoms with Gasteiger partial charge in [0.2, 0.25) is 0 Å². The van der Waals surface area contributed by atoms with Crippen molar-refractivity contribution < 1.29 is 4.74 Å². The van der Waals surface area contributed by atoms with Crippen LogP contribution in [0.2, 0.25) is 0 Å². The van der Waals surface area contributed by atoms with Crippen molar-refractivity contribution in [3.05, 3.63) is 66.3 Å². The van der Waals surface area contributed by atoms with E-state index in [0.717, 1.165) is 22.1 Å². The van der Waals surface area contributed by atoms with Crippen molar-refractivity contribution in [3.63, 3.8) is 0 Å². The largest absolute Gasteiger partial charge is 0.496 e. The first-order valence-corrected chi connectivity index (χ1v) is 6.62. The second kappa shape index (κ2) is 4.86. The predicted octanol–water partition coefficient (Wildman–Crippen LogP) is 4.13. The maximum atomic E-state index is 9.71. The van der Waals surface area contributed by atoms with E-state index >= 15 is 0 Å². The molecule has 0 radical (unpaired) electrons. The number of hydrogen-bond donors (Lipinski definition) is 0. The van der Waals surface area contributed by atoms with Crippen LogP contribution in [0.5, 0.6) is 5.75 Å². The zero-order valence-corrected chi connectivity index (χ0v) is 11.3. The number of benzene rings is 2. The summed E-state index contributed by atoms with van der Waals surface area (Å²) in [5.41, 5.74) is 0.456. The molecule has 0 amide bonds. The SMILES string of the molecule is COc1ccc(C2(C#N)C=CC=CC2)c2ccccc12. The average Bonchev–Trinajstić information content (AvgIpc) is 2.54. The zero-order chi connectivity index (χ0) is 14.0. The molecular weight excluding hydrogens is 246 g/mol. The van der Waals surface area contributed by atoms with Gasteiger partial charge in [-0.15, -0.1) is 0 Å². The van der Waals surface area contributed by atoms with Gasteiger partial charge < -0.3 is 4.74 Å². The quantitative estimate of drug-likeness (QED) is 0.814. The summed E-state index contributed by atoms with van der Waals surface area (Å²) in [5.74, 6) is 0.841. The van der Waals surface area contributed by atoms with Crippen LogP contribution in [-0.2, 0) is 5.41 Å². The lowest BCUT2D eigenvalue weighted by molar-refractivity contribution is 0.419. The molecule has 2 heteroatoms. The van der Waals surface area contributed by atoms with Crippen LogP contribution in [0.15, 0.2) is 60.7 Å². The van der Waals surface area contributed by atoms with E-state index in [1.165, 1.54) is 0 Å². The summed E-state index contributed by atoms with van der Waals surface area (Å²) < 4.78 is 5.42. The van der Waals surface area contributed by atoms with Crippen molar-refractivity contribution >= 4 is 10.8 Å². The second-order valence-electron chi connectivity index (χ2n) is 4.94. The second-order valence-corrected chi connectivity index (χ2v) is 4.94. The Bertz CT molecular complexity index is 752. The molecule has 0 N–H and O–H groups in total. The molecule has 98 valence electrons. The number of allylic oxidation sites excluding steroid dienone is 4. The molecule has 2 nitrogen and oxygen atoms in total. The summed E-state index contributed by atoms with van der Waals surface area (Å²) in [6.07, 6.45) is 8.67. The summed E-state index contributed by atoms with van der Waals surface area (Å²) >= 11 is 0. The summed E-state index contributed by atoms with van der Waals surface area (Å²) in [5, 5.41) is 11.8. The van der Waals surface area contributed by atoms with Crippen molar-refractivity contribution in [2.75, 3.05) is 7.11 Å². The minimum Gasteiger partial charge on any atom is -0.496 e. The van der Waals surface area contributed by atoms with E-state index in [0.29, 0.717) is 6.42 Å². The average molecular weight is 261 g/mol. The van der Waals surface area contributed by atoms with Crippen LogP contribution in [0.4, 0.5) is 0 Å². The van der Waals surface area contributed by atoms with E-state index in [4.69, 9.17) is 4.74 Å². The van der Waals surface area contributed by atoms with Crippen molar-refractivity contribution in [2.24, 2.45) is 0 Å². The van der Waals surface area contributed by atoms with Crippen LogP contribution >= 0.6 is 0 Å². The normalized spacial score (nSPS) is 20.8. The van der Waals surface area contributed by atoms with Crippen LogP contribution in [0, 0.1) is 11.3 Å². The minimum absolute atomic E-state index is 0.583. The number of nitriles is 1. The summed E-state index contributed by atoms with van der Waals surface area (Å²) in [4.78, 5) is 0. The Kier molecular flexibility index (Phi) is 3.04. The van der Waals surface area contributed by atoms with Crippen LogP contribution in [0.3, 0.4) is 0 Å². The molecule has 0 fully saturated rings. The van der Waals surface area contributed by atoms with Crippen molar-refractivity contribution in [3.8, 4) is 11.8 Å². The van der Waals surface area contributed by atoms with E-state index in [9.17, 15) is 5.26 Å². The van der Waals surface area contributed by atoms with Gasteiger partial charge in [-0.05, 0) is 23.4 Å². The topological polar surface area (TPSA) is 33.0 Å². The maximum Gasteiger partial charge on any atom is 0.126 e. The first-order valence-electron chi connectivity index (χ1n) is 6.62. The third-order valence-electron chi connectivity index (χ3n) is 3.85. The van der Waals surface area contributed by atoms with E-state index in [1.54, 1.807) is 7.11 Å². The Labute approximate surface area is 118 Å². The van der Waals surface area contributed by atoms with Gasteiger partial charge in [-0.3, -0.25) is 0 Å². The lowest BCUT2D eigenvalue weighted by Gasteiger charge is -2.26. The summed E-state index contributed by atoms with van der Waals surface area (Å²) in [6.45, 7) is 0. The lowest BCUT2D eigenvalue weighted by Crippen LogP contribution is -2.22. The Morgan fingerprint density at radius 1 is 1.10 bits per heavy atom. The van der Waals surface area contributed by atoms with Gasteiger partial charge in [0.25, 0.3) is 0 Å². The van der Waals surface area contributed by atoms with E-state index in [1.807, 2.05) is 54.6 Å². The first-order chi connectivity index (χ1) is 9.80. The Morgan fingerprint density at radius 3 is 2.55 bits per heavy atom. The van der Waals surface area contributed by atoms with Gasteiger partial charge >= 0.3 is 0 Å². The summed E-state index contributed by atoms with van der Waals surface area (Å²) in [7, 11) is 1.67. The molecular formula is C18H15NO. The molecule has 1 aliphatic carbocycles. The fourth-order valence-corrected chi connectivity index (χ4v) is 2.80. The molecule has 0 aromatic heterocycles. The number of methoxy groups -OCH3 is 1. The fraction of sp³-hybridized carbons (Fsp3) is 0.167. The van der Waals surface area contributed by atoms with Gasteiger partial charge in [0.1, 0.15) is 11.2 Å². The Morgan fingerprint density at radius 2 is 1.90 bits per heavy atom. The standard InChI is InChI=1S/C18H15NO/c1-20-17-10-9-16(14-7-3-4-8-15(14)17)18(13-19)11-5-2-6-12-18/h2-11H,12H2,1H3. The van der Waals surface area contributed by atoms with E-state index in [-0.39, 0.29) is 0 Å². The highest BCUT2D eigenvalue weighted by atomic mass is 16.5. The first kappa shape index (κ1) is 12.5. The molecule has 0 saturated heterocycles. The highest BCUT2D eigenvalue weighted by molar-refractivity contribution is 5.92.